The summed E-state index contributed by atoms with van der Waals surface area (Å²) in [5.41, 5.74) is 2.35. The Labute approximate surface area is 108 Å². The van der Waals surface area contributed by atoms with Gasteiger partial charge in [0.05, 0.1) is 17.9 Å². The minimum absolute atomic E-state index is 0.765. The van der Waals surface area contributed by atoms with Gasteiger partial charge in [-0.15, -0.1) is 0 Å². The van der Waals surface area contributed by atoms with Crippen molar-refractivity contribution in [2.24, 2.45) is 0 Å². The van der Waals surface area contributed by atoms with Crippen LogP contribution in [0.4, 0.5) is 5.82 Å². The molecule has 1 N–H and O–H groups in total. The molecule has 0 radical (unpaired) electrons. The van der Waals surface area contributed by atoms with Crippen molar-refractivity contribution >= 4 is 5.82 Å². The van der Waals surface area contributed by atoms with Crippen LogP contribution in [-0.4, -0.2) is 19.6 Å². The molecule has 2 aromatic rings. The number of hydrogen-bond donors (Lipinski definition) is 1. The van der Waals surface area contributed by atoms with Gasteiger partial charge in [-0.3, -0.25) is 9.36 Å². The Balaban J connectivity index is 2.02. The maximum absolute atomic E-state index is 4.53. The predicted octanol–water partition coefficient (Wildman–Crippen LogP) is 2.29. The first-order chi connectivity index (χ1) is 8.76. The molecule has 0 aliphatic heterocycles. The highest BCUT2D eigenvalue weighted by Crippen LogP contribution is 2.09. The second-order valence-corrected chi connectivity index (χ2v) is 4.21. The lowest BCUT2D eigenvalue weighted by Crippen LogP contribution is -2.08. The van der Waals surface area contributed by atoms with Crippen molar-refractivity contribution in [3.05, 3.63) is 29.7 Å². The van der Waals surface area contributed by atoms with E-state index < -0.39 is 0 Å². The molecule has 0 fully saturated rings. The highest BCUT2D eigenvalue weighted by Gasteiger charge is 2.06. The first kappa shape index (κ1) is 12.7. The van der Waals surface area contributed by atoms with Crippen LogP contribution in [0.15, 0.2) is 18.3 Å². The Bertz CT molecular complexity index is 497. The van der Waals surface area contributed by atoms with E-state index in [1.165, 1.54) is 5.69 Å². The fourth-order valence-corrected chi connectivity index (χ4v) is 1.92. The van der Waals surface area contributed by atoms with Gasteiger partial charge in [0.25, 0.3) is 0 Å². The zero-order chi connectivity index (χ0) is 13.0. The summed E-state index contributed by atoms with van der Waals surface area (Å²) in [6.45, 7) is 8.89. The Morgan fingerprint density at radius 3 is 2.61 bits per heavy atom. The smallest absolute Gasteiger partial charge is 0.148 e. The van der Waals surface area contributed by atoms with Crippen LogP contribution in [0.2, 0.25) is 0 Å². The van der Waals surface area contributed by atoms with Crippen LogP contribution < -0.4 is 5.32 Å². The second-order valence-electron chi connectivity index (χ2n) is 4.21. The van der Waals surface area contributed by atoms with Gasteiger partial charge in [-0.05, 0) is 26.3 Å². The number of rotatable bonds is 6. The number of nitrogens with one attached hydrogen (secondary N) is 1. The van der Waals surface area contributed by atoms with Crippen molar-refractivity contribution in [3.8, 4) is 0 Å². The standard InChI is InChI=1S/C13H21N5/c1-4-11-9-12(18(6-3)15-11)10-14-13-7-8-17(5-2)16-13/h7-9H,4-6,10H2,1-3H3,(H,14,16). The van der Waals surface area contributed by atoms with E-state index in [4.69, 9.17) is 0 Å². The summed E-state index contributed by atoms with van der Waals surface area (Å²) in [7, 11) is 0. The zero-order valence-electron chi connectivity index (χ0n) is 11.3. The topological polar surface area (TPSA) is 47.7 Å². The van der Waals surface area contributed by atoms with Crippen LogP contribution in [0.3, 0.4) is 0 Å². The average Bonchev–Trinajstić information content (AvgIpc) is 3.02. The Morgan fingerprint density at radius 1 is 1.17 bits per heavy atom. The molecule has 0 aliphatic rings. The summed E-state index contributed by atoms with van der Waals surface area (Å²) in [4.78, 5) is 0. The summed E-state index contributed by atoms with van der Waals surface area (Å²) in [6, 6.07) is 4.16. The normalized spacial score (nSPS) is 10.8. The maximum atomic E-state index is 4.53. The van der Waals surface area contributed by atoms with Crippen LogP contribution in [0.25, 0.3) is 0 Å². The highest BCUT2D eigenvalue weighted by atomic mass is 15.3. The van der Waals surface area contributed by atoms with Gasteiger partial charge in [-0.1, -0.05) is 6.92 Å². The number of nitrogens with zero attached hydrogens (tertiary/aromatic N) is 4. The lowest BCUT2D eigenvalue weighted by Gasteiger charge is -2.05. The number of aromatic nitrogens is 4. The van der Waals surface area contributed by atoms with Gasteiger partial charge in [0, 0.05) is 25.4 Å². The molecule has 2 rings (SSSR count). The molecule has 0 aliphatic carbocycles. The summed E-state index contributed by atoms with van der Waals surface area (Å²) < 4.78 is 3.96. The van der Waals surface area contributed by atoms with Crippen molar-refractivity contribution in [1.82, 2.24) is 19.6 Å². The van der Waals surface area contributed by atoms with E-state index in [0.29, 0.717) is 0 Å². The monoisotopic (exact) mass is 247 g/mol. The maximum Gasteiger partial charge on any atom is 0.148 e. The zero-order valence-corrected chi connectivity index (χ0v) is 11.3. The number of aryl methyl sites for hydroxylation is 3. The fourth-order valence-electron chi connectivity index (χ4n) is 1.92. The van der Waals surface area contributed by atoms with Crippen molar-refractivity contribution in [3.63, 3.8) is 0 Å². The fraction of sp³-hybridized carbons (Fsp3) is 0.538. The molecule has 0 saturated carbocycles. The van der Waals surface area contributed by atoms with E-state index in [2.05, 4.69) is 42.4 Å². The van der Waals surface area contributed by atoms with Gasteiger partial charge in [0.1, 0.15) is 5.82 Å². The van der Waals surface area contributed by atoms with Gasteiger partial charge >= 0.3 is 0 Å². The SMILES string of the molecule is CCc1cc(CNc2ccn(CC)n2)n(CC)n1. The third kappa shape index (κ3) is 2.72. The van der Waals surface area contributed by atoms with E-state index in [1.54, 1.807) is 0 Å². The molecule has 0 aromatic carbocycles. The summed E-state index contributed by atoms with van der Waals surface area (Å²) in [5, 5.41) is 12.3. The van der Waals surface area contributed by atoms with E-state index in [9.17, 15) is 0 Å². The van der Waals surface area contributed by atoms with Gasteiger partial charge < -0.3 is 5.32 Å². The third-order valence-electron chi connectivity index (χ3n) is 2.99. The van der Waals surface area contributed by atoms with Crippen LogP contribution in [0, 0.1) is 0 Å². The molecule has 0 bridgehead atoms. The average molecular weight is 247 g/mol. The number of hydrogen-bond acceptors (Lipinski definition) is 3. The summed E-state index contributed by atoms with van der Waals surface area (Å²) in [6.07, 6.45) is 2.96. The third-order valence-corrected chi connectivity index (χ3v) is 2.99. The van der Waals surface area contributed by atoms with Crippen molar-refractivity contribution in [1.29, 1.82) is 0 Å². The van der Waals surface area contributed by atoms with Crippen LogP contribution in [0.5, 0.6) is 0 Å². The molecule has 2 aromatic heterocycles. The molecule has 0 amide bonds. The quantitative estimate of drug-likeness (QED) is 0.852. The first-order valence-corrected chi connectivity index (χ1v) is 6.59. The highest BCUT2D eigenvalue weighted by molar-refractivity contribution is 5.33. The minimum Gasteiger partial charge on any atom is -0.363 e. The van der Waals surface area contributed by atoms with Crippen molar-refractivity contribution < 1.29 is 0 Å². The van der Waals surface area contributed by atoms with Gasteiger partial charge in [0.2, 0.25) is 0 Å². The largest absolute Gasteiger partial charge is 0.363 e. The van der Waals surface area contributed by atoms with E-state index in [0.717, 1.165) is 37.6 Å². The molecular formula is C13H21N5. The lowest BCUT2D eigenvalue weighted by atomic mass is 10.3. The molecule has 0 atom stereocenters. The van der Waals surface area contributed by atoms with Gasteiger partial charge in [0.15, 0.2) is 0 Å². The molecule has 5 nitrogen and oxygen atoms in total. The molecule has 0 saturated heterocycles. The summed E-state index contributed by atoms with van der Waals surface area (Å²) in [5.74, 6) is 0.916. The molecule has 98 valence electrons. The van der Waals surface area contributed by atoms with Gasteiger partial charge in [-0.25, -0.2) is 0 Å². The molecular weight excluding hydrogens is 226 g/mol. The Hall–Kier alpha value is -1.78. The molecule has 18 heavy (non-hydrogen) atoms. The second kappa shape index (κ2) is 5.71. The Kier molecular flexibility index (Phi) is 4.02. The molecule has 0 spiro atoms. The summed E-state index contributed by atoms with van der Waals surface area (Å²) >= 11 is 0. The van der Waals surface area contributed by atoms with E-state index >= 15 is 0 Å². The van der Waals surface area contributed by atoms with E-state index in [-0.39, 0.29) is 0 Å². The Morgan fingerprint density at radius 2 is 2.00 bits per heavy atom. The molecule has 0 unspecified atom stereocenters. The predicted molar refractivity (Wildman–Crippen MR) is 72.5 cm³/mol. The van der Waals surface area contributed by atoms with Crippen LogP contribution in [-0.2, 0) is 26.1 Å². The van der Waals surface area contributed by atoms with Crippen molar-refractivity contribution in [2.45, 2.75) is 46.8 Å². The molecule has 2 heterocycles. The van der Waals surface area contributed by atoms with Crippen LogP contribution in [0.1, 0.15) is 32.2 Å². The molecule has 5 heteroatoms. The van der Waals surface area contributed by atoms with Gasteiger partial charge in [-0.2, -0.15) is 10.2 Å². The first-order valence-electron chi connectivity index (χ1n) is 6.59. The number of anilines is 1. The lowest BCUT2D eigenvalue weighted by molar-refractivity contribution is 0.618. The van der Waals surface area contributed by atoms with Crippen LogP contribution >= 0.6 is 0 Å². The minimum atomic E-state index is 0.765. The van der Waals surface area contributed by atoms with Crippen molar-refractivity contribution in [2.75, 3.05) is 5.32 Å². The van der Waals surface area contributed by atoms with E-state index in [1.807, 2.05) is 21.6 Å².